The first kappa shape index (κ1) is 40.1. The second-order valence-electron chi connectivity index (χ2n) is 13.0. The molecule has 5 nitrogen and oxygen atoms in total. The van der Waals surface area contributed by atoms with Gasteiger partial charge >= 0.3 is 0 Å². The lowest BCUT2D eigenvalue weighted by Gasteiger charge is -2.33. The standard InChI is InChI=1S/C36H71NO4/c1-4-6-8-10-12-14-16-18-20-22-24-26-28-30-33(39)35(41)36(3,32-38)37-34(40)31-29-27-25-23-21-19-17-15-13-11-9-7-5-2/h35,38,41H,4-32H2,1-3H3,(H,37,40). The third-order valence-electron chi connectivity index (χ3n) is 8.70. The van der Waals surface area contributed by atoms with Crippen molar-refractivity contribution in [3.63, 3.8) is 0 Å². The summed E-state index contributed by atoms with van der Waals surface area (Å²) >= 11 is 0. The Morgan fingerprint density at radius 2 is 0.829 bits per heavy atom. The van der Waals surface area contributed by atoms with Crippen LogP contribution in [0.15, 0.2) is 0 Å². The van der Waals surface area contributed by atoms with Gasteiger partial charge in [-0.2, -0.15) is 0 Å². The third kappa shape index (κ3) is 24.2. The van der Waals surface area contributed by atoms with Crippen LogP contribution in [0.4, 0.5) is 0 Å². The second-order valence-corrected chi connectivity index (χ2v) is 13.0. The number of carbonyl (C=O) groups excluding carboxylic acids is 2. The van der Waals surface area contributed by atoms with Crippen molar-refractivity contribution in [2.75, 3.05) is 6.61 Å². The first-order valence-electron chi connectivity index (χ1n) is 18.0. The predicted molar refractivity (Wildman–Crippen MR) is 175 cm³/mol. The van der Waals surface area contributed by atoms with Crippen LogP contribution in [0.3, 0.4) is 0 Å². The van der Waals surface area contributed by atoms with Crippen LogP contribution in [0, 0.1) is 0 Å². The van der Waals surface area contributed by atoms with Gasteiger partial charge < -0.3 is 15.5 Å². The van der Waals surface area contributed by atoms with Crippen LogP contribution < -0.4 is 5.32 Å². The van der Waals surface area contributed by atoms with Gasteiger partial charge in [-0.25, -0.2) is 0 Å². The maximum Gasteiger partial charge on any atom is 0.220 e. The highest BCUT2D eigenvalue weighted by Gasteiger charge is 2.38. The lowest BCUT2D eigenvalue weighted by Crippen LogP contribution is -2.59. The molecule has 0 aromatic rings. The molecule has 2 atom stereocenters. The third-order valence-corrected chi connectivity index (χ3v) is 8.70. The number of Topliss-reactive ketones (excluding diaryl/α,β-unsaturated/α-hetero) is 1. The number of hydrogen-bond donors (Lipinski definition) is 3. The highest BCUT2D eigenvalue weighted by atomic mass is 16.3. The van der Waals surface area contributed by atoms with Gasteiger partial charge in [-0.15, -0.1) is 0 Å². The number of rotatable bonds is 32. The molecule has 0 aromatic carbocycles. The highest BCUT2D eigenvalue weighted by Crippen LogP contribution is 2.18. The molecule has 0 radical (unpaired) electrons. The molecule has 3 N–H and O–H groups in total. The highest BCUT2D eigenvalue weighted by molar-refractivity contribution is 5.86. The molecule has 5 heteroatoms. The van der Waals surface area contributed by atoms with Crippen molar-refractivity contribution in [2.45, 2.75) is 212 Å². The molecule has 41 heavy (non-hydrogen) atoms. The Balaban J connectivity index is 3.84. The fourth-order valence-corrected chi connectivity index (χ4v) is 5.69. The van der Waals surface area contributed by atoms with Crippen molar-refractivity contribution in [1.82, 2.24) is 5.32 Å². The van der Waals surface area contributed by atoms with Crippen LogP contribution in [-0.2, 0) is 9.59 Å². The predicted octanol–water partition coefficient (Wildman–Crippen LogP) is 9.75. The van der Waals surface area contributed by atoms with E-state index in [4.69, 9.17) is 0 Å². The monoisotopic (exact) mass is 582 g/mol. The van der Waals surface area contributed by atoms with Gasteiger partial charge in [0, 0.05) is 12.8 Å². The molecule has 0 aliphatic rings. The molecule has 0 aromatic heterocycles. The number of nitrogens with one attached hydrogen (secondary N) is 1. The molecule has 0 saturated heterocycles. The normalized spacial score (nSPS) is 13.7. The topological polar surface area (TPSA) is 86.6 Å². The number of carbonyl (C=O) groups is 2. The summed E-state index contributed by atoms with van der Waals surface area (Å²) in [6.45, 7) is 5.63. The summed E-state index contributed by atoms with van der Waals surface area (Å²) in [6, 6.07) is 0. The Bertz CT molecular complexity index is 596. The van der Waals surface area contributed by atoms with Crippen LogP contribution in [0.2, 0.25) is 0 Å². The lowest BCUT2D eigenvalue weighted by atomic mass is 9.90. The summed E-state index contributed by atoms with van der Waals surface area (Å²) in [7, 11) is 0. The van der Waals surface area contributed by atoms with Gasteiger partial charge in [0.15, 0.2) is 5.78 Å². The number of hydrogen-bond acceptors (Lipinski definition) is 4. The number of aliphatic hydroxyl groups excluding tert-OH is 2. The van der Waals surface area contributed by atoms with Crippen LogP contribution in [-0.4, -0.2) is 40.2 Å². The summed E-state index contributed by atoms with van der Waals surface area (Å²) in [5.74, 6) is -0.483. The maximum atomic E-state index is 12.6. The van der Waals surface area contributed by atoms with Gasteiger partial charge in [0.1, 0.15) is 6.10 Å². The fraction of sp³-hybridized carbons (Fsp3) is 0.944. The van der Waals surface area contributed by atoms with Crippen molar-refractivity contribution in [3.05, 3.63) is 0 Å². The number of amides is 1. The van der Waals surface area contributed by atoms with E-state index in [1.807, 2.05) is 0 Å². The Morgan fingerprint density at radius 3 is 1.15 bits per heavy atom. The number of ketones is 1. The van der Waals surface area contributed by atoms with Gasteiger partial charge in [-0.05, 0) is 19.8 Å². The molecule has 0 aliphatic carbocycles. The SMILES string of the molecule is CCCCCCCCCCCCCCCC(=O)NC(C)(CO)C(O)C(=O)CCCCCCCCCCCCCCC. The van der Waals surface area contributed by atoms with Crippen molar-refractivity contribution in [3.8, 4) is 0 Å². The van der Waals surface area contributed by atoms with E-state index in [9.17, 15) is 19.8 Å². The van der Waals surface area contributed by atoms with E-state index in [0.717, 1.165) is 38.5 Å². The minimum Gasteiger partial charge on any atom is -0.394 e. The average Bonchev–Trinajstić information content (AvgIpc) is 2.97. The zero-order valence-corrected chi connectivity index (χ0v) is 27.8. The molecule has 2 unspecified atom stereocenters. The Kier molecular flexibility index (Phi) is 28.5. The Hall–Kier alpha value is -0.940. The van der Waals surface area contributed by atoms with E-state index in [2.05, 4.69) is 19.2 Å². The fourth-order valence-electron chi connectivity index (χ4n) is 5.69. The lowest BCUT2D eigenvalue weighted by molar-refractivity contribution is -0.135. The summed E-state index contributed by atoms with van der Waals surface area (Å²) in [5.41, 5.74) is -1.32. The van der Waals surface area contributed by atoms with E-state index >= 15 is 0 Å². The van der Waals surface area contributed by atoms with Crippen LogP contribution in [0.25, 0.3) is 0 Å². The van der Waals surface area contributed by atoms with Crippen LogP contribution in [0.1, 0.15) is 201 Å². The van der Waals surface area contributed by atoms with Crippen molar-refractivity contribution < 1.29 is 19.8 Å². The minimum absolute atomic E-state index is 0.197. The molecular formula is C36H71NO4. The van der Waals surface area contributed by atoms with Gasteiger partial charge in [-0.3, -0.25) is 9.59 Å². The maximum absolute atomic E-state index is 12.6. The Labute approximate surface area is 255 Å². The van der Waals surface area contributed by atoms with E-state index in [-0.39, 0.29) is 11.7 Å². The summed E-state index contributed by atoms with van der Waals surface area (Å²) in [6.07, 6.45) is 31.7. The van der Waals surface area contributed by atoms with E-state index in [1.165, 1.54) is 128 Å². The Morgan fingerprint density at radius 1 is 0.537 bits per heavy atom. The average molecular weight is 582 g/mol. The first-order chi connectivity index (χ1) is 19.9. The molecule has 244 valence electrons. The first-order valence-corrected chi connectivity index (χ1v) is 18.0. The van der Waals surface area contributed by atoms with Crippen LogP contribution >= 0.6 is 0 Å². The molecule has 0 fully saturated rings. The molecule has 0 bridgehead atoms. The summed E-state index contributed by atoms with van der Waals surface area (Å²) in [4.78, 5) is 25.1. The number of aliphatic hydroxyl groups is 2. The van der Waals surface area contributed by atoms with Crippen molar-refractivity contribution in [1.29, 1.82) is 0 Å². The minimum atomic E-state index is -1.37. The molecule has 1 amide bonds. The molecular weight excluding hydrogens is 510 g/mol. The molecule has 0 spiro atoms. The summed E-state index contributed by atoms with van der Waals surface area (Å²) < 4.78 is 0. The van der Waals surface area contributed by atoms with Gasteiger partial charge in [0.2, 0.25) is 5.91 Å². The van der Waals surface area contributed by atoms with E-state index in [0.29, 0.717) is 12.8 Å². The largest absolute Gasteiger partial charge is 0.394 e. The van der Waals surface area contributed by atoms with E-state index in [1.54, 1.807) is 6.92 Å². The smallest absolute Gasteiger partial charge is 0.220 e. The van der Waals surface area contributed by atoms with Gasteiger partial charge in [0.25, 0.3) is 0 Å². The van der Waals surface area contributed by atoms with Crippen molar-refractivity contribution in [2.24, 2.45) is 0 Å². The van der Waals surface area contributed by atoms with Crippen molar-refractivity contribution >= 4 is 11.7 Å². The molecule has 0 aliphatic heterocycles. The zero-order valence-electron chi connectivity index (χ0n) is 27.8. The molecule has 0 rings (SSSR count). The second kappa shape index (κ2) is 29.1. The van der Waals surface area contributed by atoms with Gasteiger partial charge in [0.05, 0.1) is 12.1 Å². The van der Waals surface area contributed by atoms with Crippen LogP contribution in [0.5, 0.6) is 0 Å². The van der Waals surface area contributed by atoms with Gasteiger partial charge in [-0.1, -0.05) is 168 Å². The molecule has 0 heterocycles. The van der Waals surface area contributed by atoms with E-state index < -0.39 is 18.2 Å². The quantitative estimate of drug-likeness (QED) is 0.0690. The number of unbranched alkanes of at least 4 members (excludes halogenated alkanes) is 24. The summed E-state index contributed by atoms with van der Waals surface area (Å²) in [5, 5.41) is 23.3. The zero-order chi connectivity index (χ0) is 30.4. The molecule has 0 saturated carbocycles.